The minimum atomic E-state index is -0.586. The molecule has 0 aromatic heterocycles. The maximum absolute atomic E-state index is 13.1. The van der Waals surface area contributed by atoms with Crippen LogP contribution in [0.4, 0.5) is 21.0 Å². The van der Waals surface area contributed by atoms with Crippen LogP contribution in [-0.4, -0.2) is 80.6 Å². The molecule has 2 amide bonds. The van der Waals surface area contributed by atoms with Gasteiger partial charge in [-0.05, 0) is 48.2 Å². The van der Waals surface area contributed by atoms with Crippen LogP contribution >= 0.6 is 11.8 Å². The lowest BCUT2D eigenvalue weighted by Gasteiger charge is -2.30. The number of rotatable bonds is 8. The van der Waals surface area contributed by atoms with E-state index in [9.17, 15) is 34.6 Å². The molecule has 1 unspecified atom stereocenters. The zero-order valence-electron chi connectivity index (χ0n) is 22.8. The molecular weight excluding hydrogens is 572 g/mol. The lowest BCUT2D eigenvalue weighted by molar-refractivity contribution is -0.385. The molecule has 2 aromatic rings. The van der Waals surface area contributed by atoms with Crippen LogP contribution in [0.15, 0.2) is 48.5 Å². The first kappa shape index (κ1) is 30.7. The van der Waals surface area contributed by atoms with Crippen molar-refractivity contribution in [2.24, 2.45) is 0 Å². The van der Waals surface area contributed by atoms with Gasteiger partial charge in [-0.25, -0.2) is 9.59 Å². The Labute approximate surface area is 245 Å². The first-order valence-electron chi connectivity index (χ1n) is 13.2. The number of nitro groups is 2. The fourth-order valence-corrected chi connectivity index (χ4v) is 5.88. The van der Waals surface area contributed by atoms with E-state index in [1.807, 2.05) is 0 Å². The van der Waals surface area contributed by atoms with E-state index in [-0.39, 0.29) is 60.7 Å². The van der Waals surface area contributed by atoms with Crippen molar-refractivity contribution < 1.29 is 38.4 Å². The second-order valence-electron chi connectivity index (χ2n) is 9.83. The molecule has 2 aliphatic heterocycles. The molecule has 2 aliphatic rings. The molecule has 2 aromatic carbocycles. The molecule has 0 radical (unpaired) electrons. The Kier molecular flexibility index (Phi) is 10.3. The predicted molar refractivity (Wildman–Crippen MR) is 150 cm³/mol. The van der Waals surface area contributed by atoms with E-state index >= 15 is 0 Å². The summed E-state index contributed by atoms with van der Waals surface area (Å²) in [6.07, 6.45) is -0.625. The molecule has 15 heteroatoms. The predicted octanol–water partition coefficient (Wildman–Crippen LogP) is 4.29. The summed E-state index contributed by atoms with van der Waals surface area (Å²) in [5.41, 5.74) is 1.08. The first-order valence-corrected chi connectivity index (χ1v) is 14.1. The lowest BCUT2D eigenvalue weighted by Crippen LogP contribution is -2.44. The number of nitrogens with zero attached hydrogens (tertiary/aromatic N) is 4. The SMILES string of the molecule is CC(=O)S[C@H]1C[C@@H](C2CCN(C(=O)OCc3ccc([N+](=O)[O-])cc3)CCO2)N(C(=O)OCc2ccc([N+](=O)[O-])cc2)C1. The molecule has 0 bridgehead atoms. The third-order valence-corrected chi connectivity index (χ3v) is 7.96. The third kappa shape index (κ3) is 8.16. The van der Waals surface area contributed by atoms with Gasteiger partial charge in [0.1, 0.15) is 13.2 Å². The van der Waals surface area contributed by atoms with Crippen LogP contribution < -0.4 is 0 Å². The van der Waals surface area contributed by atoms with E-state index in [0.29, 0.717) is 30.5 Å². The molecule has 0 saturated carbocycles. The highest BCUT2D eigenvalue weighted by Crippen LogP contribution is 2.33. The number of hydrogen-bond acceptors (Lipinski definition) is 11. The third-order valence-electron chi connectivity index (χ3n) is 6.96. The maximum atomic E-state index is 13.1. The number of nitro benzene ring substituents is 2. The van der Waals surface area contributed by atoms with Gasteiger partial charge < -0.3 is 24.0 Å². The molecule has 224 valence electrons. The molecular formula is C27H30N4O10S. The van der Waals surface area contributed by atoms with Crippen molar-refractivity contribution in [3.8, 4) is 0 Å². The zero-order valence-corrected chi connectivity index (χ0v) is 23.6. The number of amides is 2. The Bertz CT molecular complexity index is 1310. The van der Waals surface area contributed by atoms with Gasteiger partial charge in [0.25, 0.3) is 11.4 Å². The van der Waals surface area contributed by atoms with E-state index in [4.69, 9.17) is 14.2 Å². The number of benzene rings is 2. The molecule has 2 fully saturated rings. The average molecular weight is 603 g/mol. The summed E-state index contributed by atoms with van der Waals surface area (Å²) in [7, 11) is 0. The number of carbonyl (C=O) groups is 3. The molecule has 0 spiro atoms. The monoisotopic (exact) mass is 602 g/mol. The normalized spacial score (nSPS) is 20.5. The first-order chi connectivity index (χ1) is 20.1. The second-order valence-corrected chi connectivity index (χ2v) is 11.3. The van der Waals surface area contributed by atoms with Crippen LogP contribution in [0.1, 0.15) is 30.9 Å². The number of carbonyl (C=O) groups excluding carboxylic acids is 3. The number of ether oxygens (including phenoxy) is 3. The zero-order chi connectivity index (χ0) is 30.2. The topological polar surface area (TPSA) is 172 Å². The maximum Gasteiger partial charge on any atom is 0.410 e. The molecule has 0 aliphatic carbocycles. The fourth-order valence-electron chi connectivity index (χ4n) is 4.88. The van der Waals surface area contributed by atoms with Crippen LogP contribution in [0.3, 0.4) is 0 Å². The Morgan fingerprint density at radius 2 is 1.45 bits per heavy atom. The van der Waals surface area contributed by atoms with Crippen molar-refractivity contribution >= 4 is 40.4 Å². The van der Waals surface area contributed by atoms with Crippen molar-refractivity contribution in [3.63, 3.8) is 0 Å². The number of hydrogen-bond donors (Lipinski definition) is 0. The smallest absolute Gasteiger partial charge is 0.410 e. The highest BCUT2D eigenvalue weighted by Gasteiger charge is 2.42. The summed E-state index contributed by atoms with van der Waals surface area (Å²) in [6, 6.07) is 11.1. The van der Waals surface area contributed by atoms with Gasteiger partial charge in [0.15, 0.2) is 5.12 Å². The van der Waals surface area contributed by atoms with Crippen LogP contribution in [0.5, 0.6) is 0 Å². The molecule has 14 nitrogen and oxygen atoms in total. The van der Waals surface area contributed by atoms with Gasteiger partial charge in [0, 0.05) is 56.1 Å². The van der Waals surface area contributed by atoms with Crippen LogP contribution in [0.2, 0.25) is 0 Å². The molecule has 4 rings (SSSR count). The van der Waals surface area contributed by atoms with Crippen molar-refractivity contribution in [2.75, 3.05) is 26.2 Å². The van der Waals surface area contributed by atoms with E-state index in [2.05, 4.69) is 0 Å². The van der Waals surface area contributed by atoms with Crippen molar-refractivity contribution in [2.45, 2.75) is 50.4 Å². The molecule has 2 saturated heterocycles. The van der Waals surface area contributed by atoms with Gasteiger partial charge in [-0.15, -0.1) is 0 Å². The molecule has 42 heavy (non-hydrogen) atoms. The van der Waals surface area contributed by atoms with Crippen molar-refractivity contribution in [3.05, 3.63) is 79.9 Å². The number of likely N-dealkylation sites (tertiary alicyclic amines) is 1. The van der Waals surface area contributed by atoms with E-state index in [0.717, 1.165) is 11.8 Å². The summed E-state index contributed by atoms with van der Waals surface area (Å²) in [5, 5.41) is 21.5. The van der Waals surface area contributed by atoms with Crippen LogP contribution in [0.25, 0.3) is 0 Å². The minimum absolute atomic E-state index is 0.0431. The summed E-state index contributed by atoms with van der Waals surface area (Å²) < 4.78 is 17.0. The van der Waals surface area contributed by atoms with Crippen molar-refractivity contribution in [1.29, 1.82) is 0 Å². The van der Waals surface area contributed by atoms with Gasteiger partial charge in [-0.1, -0.05) is 11.8 Å². The fraction of sp³-hybridized carbons (Fsp3) is 0.444. The van der Waals surface area contributed by atoms with Gasteiger partial charge in [-0.3, -0.25) is 25.0 Å². The largest absolute Gasteiger partial charge is 0.445 e. The van der Waals surface area contributed by atoms with E-state index in [1.165, 1.54) is 60.4 Å². The van der Waals surface area contributed by atoms with Gasteiger partial charge in [-0.2, -0.15) is 0 Å². The Balaban J connectivity index is 1.34. The van der Waals surface area contributed by atoms with E-state index < -0.39 is 28.1 Å². The Hall–Kier alpha value is -4.24. The van der Waals surface area contributed by atoms with E-state index in [1.54, 1.807) is 4.90 Å². The number of thioether (sulfide) groups is 1. The Morgan fingerprint density at radius 3 is 1.98 bits per heavy atom. The summed E-state index contributed by atoms with van der Waals surface area (Å²) in [4.78, 5) is 61.4. The van der Waals surface area contributed by atoms with Crippen molar-refractivity contribution in [1.82, 2.24) is 9.80 Å². The van der Waals surface area contributed by atoms with Crippen LogP contribution in [-0.2, 0) is 32.2 Å². The molecule has 2 heterocycles. The van der Waals surface area contributed by atoms with Crippen LogP contribution in [0, 0.1) is 20.2 Å². The van der Waals surface area contributed by atoms with Gasteiger partial charge in [0.05, 0.1) is 28.6 Å². The second kappa shape index (κ2) is 14.1. The van der Waals surface area contributed by atoms with Gasteiger partial charge in [0.2, 0.25) is 0 Å². The summed E-state index contributed by atoms with van der Waals surface area (Å²) in [6.45, 7) is 2.44. The summed E-state index contributed by atoms with van der Waals surface area (Å²) in [5.74, 6) is 0. The quantitative estimate of drug-likeness (QED) is 0.312. The molecule has 3 atom stereocenters. The minimum Gasteiger partial charge on any atom is -0.445 e. The molecule has 0 N–H and O–H groups in total. The summed E-state index contributed by atoms with van der Waals surface area (Å²) >= 11 is 1.16. The highest BCUT2D eigenvalue weighted by molar-refractivity contribution is 8.14. The average Bonchev–Trinajstić information content (AvgIpc) is 3.22. The van der Waals surface area contributed by atoms with Gasteiger partial charge >= 0.3 is 12.2 Å². The number of non-ortho nitro benzene ring substituents is 2. The standard InChI is InChI=1S/C27H30N4O10S/c1-18(32)42-23-14-24(29(15-23)27(34)41-17-20-4-8-22(9-5-20)31(37)38)25-10-11-28(12-13-39-25)26(33)40-16-19-2-6-21(7-3-19)30(35)36/h2-9,23-25H,10-17H2,1H3/t23-,24-,25?/m0/s1. The highest BCUT2D eigenvalue weighted by atomic mass is 32.2. The Morgan fingerprint density at radius 1 is 0.905 bits per heavy atom. The lowest BCUT2D eigenvalue weighted by atomic mass is 10.1.